The average molecular weight is 628 g/mol. The lowest BCUT2D eigenvalue weighted by Gasteiger charge is -2.30. The summed E-state index contributed by atoms with van der Waals surface area (Å²) in [4.78, 5) is 13.3. The number of amidine groups is 1. The van der Waals surface area contributed by atoms with Crippen LogP contribution in [0.3, 0.4) is 0 Å². The molecular formula is C29H33Cl2F3N5O3+. The van der Waals surface area contributed by atoms with Crippen LogP contribution >= 0.6 is 23.2 Å². The van der Waals surface area contributed by atoms with Crippen LogP contribution in [0.2, 0.25) is 5.02 Å². The van der Waals surface area contributed by atoms with Gasteiger partial charge in [0.25, 0.3) is 0 Å². The first kappa shape index (κ1) is 34.6. The van der Waals surface area contributed by atoms with E-state index in [1.54, 1.807) is 31.2 Å². The number of allylic oxidation sites excluding steroid dienone is 5. The van der Waals surface area contributed by atoms with Gasteiger partial charge in [0.05, 0.1) is 30.5 Å². The molecule has 1 aromatic carbocycles. The normalized spacial score (nSPS) is 18.4. The van der Waals surface area contributed by atoms with Crippen LogP contribution in [0.5, 0.6) is 0 Å². The first-order chi connectivity index (χ1) is 19.6. The molecule has 0 bridgehead atoms. The number of aliphatic hydroxyl groups excluding tert-OH is 1. The van der Waals surface area contributed by atoms with Gasteiger partial charge in [-0.2, -0.15) is 13.2 Å². The van der Waals surface area contributed by atoms with Gasteiger partial charge in [0.15, 0.2) is 0 Å². The second-order valence-corrected chi connectivity index (χ2v) is 10.5. The number of aliphatic hydroxyl groups is 2. The van der Waals surface area contributed by atoms with Gasteiger partial charge in [-0.15, -0.1) is 0 Å². The van der Waals surface area contributed by atoms with Gasteiger partial charge >= 0.3 is 12.2 Å². The van der Waals surface area contributed by atoms with Gasteiger partial charge < -0.3 is 26.3 Å². The fourth-order valence-corrected chi connectivity index (χ4v) is 4.35. The number of halogens is 5. The van der Waals surface area contributed by atoms with Gasteiger partial charge in [0, 0.05) is 26.8 Å². The lowest BCUT2D eigenvalue weighted by atomic mass is 9.83. The van der Waals surface area contributed by atoms with Gasteiger partial charge in [0.2, 0.25) is 5.76 Å². The van der Waals surface area contributed by atoms with Crippen molar-refractivity contribution in [3.05, 3.63) is 106 Å². The Balaban J connectivity index is 2.31. The van der Waals surface area contributed by atoms with Crippen LogP contribution in [0, 0.1) is 10.8 Å². The van der Waals surface area contributed by atoms with Gasteiger partial charge in [0.1, 0.15) is 18.1 Å². The molecule has 0 aromatic heterocycles. The predicted octanol–water partition coefficient (Wildman–Crippen LogP) is 5.83. The number of urea groups is 1. The number of carbonyl (C=O) groups excluding carboxylic acids is 1. The van der Waals surface area contributed by atoms with E-state index in [-0.39, 0.29) is 23.9 Å². The van der Waals surface area contributed by atoms with E-state index in [2.05, 4.69) is 18.5 Å². The van der Waals surface area contributed by atoms with Crippen molar-refractivity contribution < 1.29 is 33.5 Å². The first-order valence-corrected chi connectivity index (χ1v) is 13.4. The van der Waals surface area contributed by atoms with Gasteiger partial charge in [-0.25, -0.2) is 9.69 Å². The fourth-order valence-electron chi connectivity index (χ4n) is 3.99. The van der Waals surface area contributed by atoms with Crippen molar-refractivity contribution >= 4 is 40.8 Å². The Morgan fingerprint density at radius 3 is 2.48 bits per heavy atom. The van der Waals surface area contributed by atoms with E-state index in [0.717, 1.165) is 0 Å². The minimum Gasteiger partial charge on any atom is -0.503 e. The topological polar surface area (TPSA) is 137 Å². The molecular weight excluding hydrogens is 594 g/mol. The molecule has 13 heteroatoms. The first-order valence-electron chi connectivity index (χ1n) is 12.6. The standard InChI is InChI=1S/C29H32Cl2F3N5O3/c1-4-6-7-22(31)18(5-2)15-37-24-14-28(3,42)13-12-21(24)23(35)16-38-27(41)39(17-25(40)29(32,33)34)26(36)19-8-10-20(30)11-9-19/h4-11,17,35-37,40,42H,1-2,12-16H2,3H3,(H,38,41)/p+1/b7-6-,22-18-,25-17-,35-23?,36-26?. The summed E-state index contributed by atoms with van der Waals surface area (Å²) < 4.78 is 39.2. The maximum atomic E-state index is 13.1. The van der Waals surface area contributed by atoms with Crippen molar-refractivity contribution in [1.29, 1.82) is 10.8 Å². The monoisotopic (exact) mass is 626 g/mol. The van der Waals surface area contributed by atoms with Crippen LogP contribution in [0.25, 0.3) is 0 Å². The van der Waals surface area contributed by atoms with E-state index in [1.165, 1.54) is 24.3 Å². The third-order valence-electron chi connectivity index (χ3n) is 6.27. The number of benzene rings is 1. The second kappa shape index (κ2) is 15.0. The number of rotatable bonds is 11. The Bertz CT molecular complexity index is 1350. The number of hydrogen-bond acceptors (Lipinski definition) is 5. The summed E-state index contributed by atoms with van der Waals surface area (Å²) in [6.07, 6.45) is 2.29. The largest absolute Gasteiger partial charge is 0.503 e. The van der Waals surface area contributed by atoms with Crippen LogP contribution in [-0.4, -0.2) is 57.6 Å². The Labute approximate surface area is 252 Å². The zero-order chi connectivity index (χ0) is 31.7. The lowest BCUT2D eigenvalue weighted by Crippen LogP contribution is -2.84. The summed E-state index contributed by atoms with van der Waals surface area (Å²) in [5.41, 5.74) is 0.887. The highest BCUT2D eigenvalue weighted by Crippen LogP contribution is 2.30. The Kier molecular flexibility index (Phi) is 12.4. The molecule has 226 valence electrons. The molecule has 1 unspecified atom stereocenters. The average Bonchev–Trinajstić information content (AvgIpc) is 2.92. The highest BCUT2D eigenvalue weighted by Gasteiger charge is 2.36. The van der Waals surface area contributed by atoms with Crippen LogP contribution in [0.1, 0.15) is 31.7 Å². The third-order valence-corrected chi connectivity index (χ3v) is 6.89. The van der Waals surface area contributed by atoms with E-state index in [9.17, 15) is 28.2 Å². The van der Waals surface area contributed by atoms with E-state index in [1.807, 2.05) is 5.32 Å². The highest BCUT2D eigenvalue weighted by atomic mass is 35.5. The van der Waals surface area contributed by atoms with Crippen molar-refractivity contribution in [2.45, 2.75) is 38.0 Å². The number of carbonyl (C=O) groups is 1. The van der Waals surface area contributed by atoms with Crippen LogP contribution in [0.15, 0.2) is 95.6 Å². The SMILES string of the molecule is C=C/C=C\C(Cl)=C(/C=C)C[NH2+]C1=C(C(=N)CNC(=O)N(/C=C(\O)C(F)(F)F)C(=N)c2ccc(Cl)cc2)CCC(C)(O)C1. The third kappa shape index (κ3) is 10.0. The summed E-state index contributed by atoms with van der Waals surface area (Å²) in [5, 5.41) is 42.0. The molecule has 8 nitrogen and oxygen atoms in total. The molecule has 7 N–H and O–H groups in total. The second-order valence-electron chi connectivity index (χ2n) is 9.63. The van der Waals surface area contributed by atoms with Gasteiger partial charge in [-0.3, -0.25) is 5.41 Å². The maximum absolute atomic E-state index is 13.1. The number of amides is 2. The molecule has 0 heterocycles. The molecule has 42 heavy (non-hydrogen) atoms. The zero-order valence-electron chi connectivity index (χ0n) is 22.9. The fraction of sp³-hybridized carbons (Fsp3) is 0.276. The van der Waals surface area contributed by atoms with Crippen LogP contribution in [-0.2, 0) is 0 Å². The minimum absolute atomic E-state index is 0.0334. The molecule has 1 aliphatic carbocycles. The van der Waals surface area contributed by atoms with Crippen molar-refractivity contribution in [3.8, 4) is 0 Å². The van der Waals surface area contributed by atoms with Crippen molar-refractivity contribution in [2.75, 3.05) is 13.1 Å². The number of nitrogens with two attached hydrogens (primary N) is 1. The molecule has 0 radical (unpaired) electrons. The molecule has 2 amide bonds. The molecule has 1 atom stereocenters. The number of alkyl halides is 3. The van der Waals surface area contributed by atoms with E-state index < -0.39 is 35.9 Å². The Morgan fingerprint density at radius 2 is 1.90 bits per heavy atom. The van der Waals surface area contributed by atoms with E-state index >= 15 is 0 Å². The number of hydrogen-bond donors (Lipinski definition) is 6. The zero-order valence-corrected chi connectivity index (χ0v) is 24.4. The molecule has 0 aliphatic heterocycles. The maximum Gasteiger partial charge on any atom is 0.450 e. The summed E-state index contributed by atoms with van der Waals surface area (Å²) in [6, 6.07) is 4.27. The lowest BCUT2D eigenvalue weighted by molar-refractivity contribution is -0.603. The molecule has 2 rings (SSSR count). The molecule has 1 aliphatic rings. The highest BCUT2D eigenvalue weighted by molar-refractivity contribution is 6.31. The summed E-state index contributed by atoms with van der Waals surface area (Å²) in [6.45, 7) is 9.00. The number of nitrogens with one attached hydrogen (secondary N) is 3. The molecule has 0 saturated carbocycles. The van der Waals surface area contributed by atoms with Gasteiger partial charge in [-0.1, -0.05) is 54.6 Å². The smallest absolute Gasteiger partial charge is 0.450 e. The molecule has 0 saturated heterocycles. The van der Waals surface area contributed by atoms with Crippen LogP contribution < -0.4 is 10.6 Å². The van der Waals surface area contributed by atoms with Crippen molar-refractivity contribution in [1.82, 2.24) is 10.2 Å². The predicted molar refractivity (Wildman–Crippen MR) is 159 cm³/mol. The summed E-state index contributed by atoms with van der Waals surface area (Å²) >= 11 is 12.2. The summed E-state index contributed by atoms with van der Waals surface area (Å²) in [5.74, 6) is -2.76. The number of quaternary nitrogens is 1. The van der Waals surface area contributed by atoms with Crippen molar-refractivity contribution in [3.63, 3.8) is 0 Å². The van der Waals surface area contributed by atoms with Crippen molar-refractivity contribution in [2.24, 2.45) is 0 Å². The van der Waals surface area contributed by atoms with Crippen LogP contribution in [0.4, 0.5) is 18.0 Å². The summed E-state index contributed by atoms with van der Waals surface area (Å²) in [7, 11) is 0. The minimum atomic E-state index is -5.16. The quantitative estimate of drug-likeness (QED) is 0.0797. The Morgan fingerprint density at radius 1 is 1.26 bits per heavy atom. The van der Waals surface area contributed by atoms with Gasteiger partial charge in [-0.05, 0) is 50.1 Å². The Hall–Kier alpha value is -3.64. The molecule has 1 aromatic rings. The molecule has 0 fully saturated rings. The van der Waals surface area contributed by atoms with E-state index in [0.29, 0.717) is 51.2 Å². The number of nitrogens with zero attached hydrogens (tertiary/aromatic N) is 1. The molecule has 0 spiro atoms. The van der Waals surface area contributed by atoms with E-state index in [4.69, 9.17) is 34.0 Å².